The van der Waals surface area contributed by atoms with Crippen molar-refractivity contribution in [3.63, 3.8) is 0 Å². The fourth-order valence-corrected chi connectivity index (χ4v) is 3.57. The zero-order valence-corrected chi connectivity index (χ0v) is 13.3. The molecule has 1 amide bonds. The van der Waals surface area contributed by atoms with E-state index in [1.54, 1.807) is 0 Å². The van der Waals surface area contributed by atoms with Gasteiger partial charge in [-0.1, -0.05) is 49.9 Å². The third-order valence-electron chi connectivity index (χ3n) is 3.95. The molecule has 0 saturated heterocycles. The van der Waals surface area contributed by atoms with Crippen LogP contribution in [0.15, 0.2) is 17.8 Å². The van der Waals surface area contributed by atoms with Crippen LogP contribution in [0, 0.1) is 5.92 Å². The molecule has 6 heteroatoms. The first kappa shape index (κ1) is 16.1. The molecule has 1 saturated carbocycles. The Hall–Kier alpha value is -1.30. The number of allylic oxidation sites excluding steroid dienone is 1. The van der Waals surface area contributed by atoms with Crippen molar-refractivity contribution in [3.05, 3.63) is 18.5 Å². The van der Waals surface area contributed by atoms with Crippen LogP contribution < -0.4 is 5.73 Å². The average Bonchev–Trinajstić information content (AvgIpc) is 2.87. The number of primary amides is 1. The quantitative estimate of drug-likeness (QED) is 0.591. The van der Waals surface area contributed by atoms with E-state index < -0.39 is 0 Å². The Balaban J connectivity index is 1.96. The summed E-state index contributed by atoms with van der Waals surface area (Å²) in [6.07, 6.45) is 10.8. The molecule has 0 aromatic carbocycles. The van der Waals surface area contributed by atoms with Gasteiger partial charge in [0.15, 0.2) is 5.16 Å². The maximum Gasteiger partial charge on any atom is 0.227 e. The number of thioether (sulfide) groups is 1. The third kappa shape index (κ3) is 4.88. The summed E-state index contributed by atoms with van der Waals surface area (Å²) in [5, 5.41) is 9.24. The van der Waals surface area contributed by atoms with Gasteiger partial charge in [0.05, 0.1) is 5.75 Å². The van der Waals surface area contributed by atoms with Gasteiger partial charge >= 0.3 is 0 Å². The lowest BCUT2D eigenvalue weighted by atomic mass is 9.86. The molecule has 1 fully saturated rings. The van der Waals surface area contributed by atoms with E-state index in [4.69, 9.17) is 5.73 Å². The number of rotatable bonds is 8. The van der Waals surface area contributed by atoms with Crippen LogP contribution in [0.5, 0.6) is 0 Å². The molecule has 5 nitrogen and oxygen atoms in total. The van der Waals surface area contributed by atoms with E-state index in [1.807, 2.05) is 10.6 Å². The van der Waals surface area contributed by atoms with Gasteiger partial charge in [-0.3, -0.25) is 4.79 Å². The molecule has 21 heavy (non-hydrogen) atoms. The van der Waals surface area contributed by atoms with E-state index >= 15 is 0 Å². The number of carbonyl (C=O) groups is 1. The summed E-state index contributed by atoms with van der Waals surface area (Å²) >= 11 is 1.34. The maximum atomic E-state index is 10.9. The summed E-state index contributed by atoms with van der Waals surface area (Å²) in [6, 6.07) is 0. The summed E-state index contributed by atoms with van der Waals surface area (Å²) < 4.78 is 2.05. The first-order chi connectivity index (χ1) is 10.2. The lowest BCUT2D eigenvalue weighted by Gasteiger charge is -2.21. The number of nitrogens with zero attached hydrogens (tertiary/aromatic N) is 3. The van der Waals surface area contributed by atoms with E-state index in [9.17, 15) is 4.79 Å². The van der Waals surface area contributed by atoms with Gasteiger partial charge in [-0.25, -0.2) is 0 Å². The molecule has 0 radical (unpaired) electrons. The first-order valence-corrected chi connectivity index (χ1v) is 8.63. The number of carbonyl (C=O) groups excluding carboxylic acids is 1. The number of hydrogen-bond donors (Lipinski definition) is 1. The zero-order valence-electron chi connectivity index (χ0n) is 12.5. The summed E-state index contributed by atoms with van der Waals surface area (Å²) in [6.45, 7) is 4.46. The maximum absolute atomic E-state index is 10.9. The highest BCUT2D eigenvalue weighted by Gasteiger charge is 2.17. The van der Waals surface area contributed by atoms with E-state index in [1.165, 1.54) is 50.3 Å². The van der Waals surface area contributed by atoms with Crippen molar-refractivity contribution >= 4 is 17.7 Å². The number of aromatic nitrogens is 3. The smallest absolute Gasteiger partial charge is 0.227 e. The van der Waals surface area contributed by atoms with Gasteiger partial charge in [-0.15, -0.1) is 16.8 Å². The molecule has 1 aliphatic carbocycles. The minimum atomic E-state index is -0.336. The monoisotopic (exact) mass is 308 g/mol. The van der Waals surface area contributed by atoms with Crippen molar-refractivity contribution in [1.29, 1.82) is 0 Å². The highest BCUT2D eigenvalue weighted by molar-refractivity contribution is 7.99. The van der Waals surface area contributed by atoms with Gasteiger partial charge in [0, 0.05) is 13.0 Å². The van der Waals surface area contributed by atoms with Gasteiger partial charge in [-0.05, 0) is 12.3 Å². The molecule has 1 heterocycles. The summed E-state index contributed by atoms with van der Waals surface area (Å²) in [7, 11) is 0. The summed E-state index contributed by atoms with van der Waals surface area (Å²) in [5.74, 6) is 1.72. The molecule has 1 aliphatic rings. The molecule has 2 rings (SSSR count). The van der Waals surface area contributed by atoms with Crippen molar-refractivity contribution in [3.8, 4) is 0 Å². The largest absolute Gasteiger partial charge is 0.369 e. The van der Waals surface area contributed by atoms with E-state index in [0.717, 1.165) is 23.3 Å². The Morgan fingerprint density at radius 2 is 2.14 bits per heavy atom. The second kappa shape index (κ2) is 8.22. The second-order valence-electron chi connectivity index (χ2n) is 5.60. The lowest BCUT2D eigenvalue weighted by Crippen LogP contribution is -2.14. The van der Waals surface area contributed by atoms with Crippen LogP contribution in [0.3, 0.4) is 0 Å². The average molecular weight is 308 g/mol. The van der Waals surface area contributed by atoms with Crippen LogP contribution >= 0.6 is 11.8 Å². The molecule has 2 N–H and O–H groups in total. The Kier molecular flexibility index (Phi) is 6.29. The topological polar surface area (TPSA) is 73.8 Å². The van der Waals surface area contributed by atoms with Crippen molar-refractivity contribution in [2.75, 3.05) is 5.75 Å². The fraction of sp³-hybridized carbons (Fsp3) is 0.667. The van der Waals surface area contributed by atoms with Gasteiger partial charge < -0.3 is 10.3 Å². The van der Waals surface area contributed by atoms with Crippen molar-refractivity contribution in [2.45, 2.75) is 56.6 Å². The van der Waals surface area contributed by atoms with Crippen molar-refractivity contribution < 1.29 is 4.79 Å². The molecular weight excluding hydrogens is 284 g/mol. The van der Waals surface area contributed by atoms with Crippen LogP contribution in [-0.4, -0.2) is 26.4 Å². The second-order valence-corrected chi connectivity index (χ2v) is 6.54. The summed E-state index contributed by atoms with van der Waals surface area (Å²) in [5.41, 5.74) is 5.19. The molecule has 1 aromatic heterocycles. The SMILES string of the molecule is C=CCn1c(CCC2CCCCC2)nnc1SCC(N)=O. The van der Waals surface area contributed by atoms with Crippen molar-refractivity contribution in [1.82, 2.24) is 14.8 Å². The molecular formula is C15H24N4OS. The number of hydrogen-bond acceptors (Lipinski definition) is 4. The Morgan fingerprint density at radius 1 is 1.38 bits per heavy atom. The number of amides is 1. The molecule has 0 aliphatic heterocycles. The highest BCUT2D eigenvalue weighted by atomic mass is 32.2. The van der Waals surface area contributed by atoms with Gasteiger partial charge in [0.1, 0.15) is 5.82 Å². The molecule has 116 valence electrons. The molecule has 0 bridgehead atoms. The Morgan fingerprint density at radius 3 is 2.81 bits per heavy atom. The zero-order chi connectivity index (χ0) is 15.1. The van der Waals surface area contributed by atoms with E-state index in [0.29, 0.717) is 6.54 Å². The third-order valence-corrected chi connectivity index (χ3v) is 4.94. The number of nitrogens with two attached hydrogens (primary N) is 1. The van der Waals surface area contributed by atoms with Crippen LogP contribution in [0.4, 0.5) is 0 Å². The first-order valence-electron chi connectivity index (χ1n) is 7.64. The minimum Gasteiger partial charge on any atom is -0.369 e. The fourth-order valence-electron chi connectivity index (χ4n) is 2.87. The van der Waals surface area contributed by atoms with Gasteiger partial charge in [0.25, 0.3) is 0 Å². The van der Waals surface area contributed by atoms with Gasteiger partial charge in [0.2, 0.25) is 5.91 Å². The summed E-state index contributed by atoms with van der Waals surface area (Å²) in [4.78, 5) is 10.9. The Bertz CT molecular complexity index is 480. The van der Waals surface area contributed by atoms with Gasteiger partial charge in [-0.2, -0.15) is 0 Å². The normalized spacial score (nSPS) is 16.0. The molecule has 0 unspecified atom stereocenters. The van der Waals surface area contributed by atoms with E-state index in [-0.39, 0.29) is 11.7 Å². The molecule has 0 spiro atoms. The Labute approximate surface area is 130 Å². The van der Waals surface area contributed by atoms with Crippen LogP contribution in [0.1, 0.15) is 44.3 Å². The molecule has 0 atom stereocenters. The molecule has 1 aromatic rings. The predicted octanol–water partition coefficient (Wildman–Crippen LogP) is 2.55. The minimum absolute atomic E-state index is 0.234. The predicted molar refractivity (Wildman–Crippen MR) is 85.0 cm³/mol. The van der Waals surface area contributed by atoms with Crippen LogP contribution in [-0.2, 0) is 17.8 Å². The van der Waals surface area contributed by atoms with E-state index in [2.05, 4.69) is 16.8 Å². The van der Waals surface area contributed by atoms with Crippen LogP contribution in [0.25, 0.3) is 0 Å². The van der Waals surface area contributed by atoms with Crippen molar-refractivity contribution in [2.24, 2.45) is 11.7 Å². The standard InChI is InChI=1S/C15H24N4OS/c1-2-10-19-14(9-8-12-6-4-3-5-7-12)17-18-15(19)21-11-13(16)20/h2,12H,1,3-11H2,(H2,16,20). The highest BCUT2D eigenvalue weighted by Crippen LogP contribution is 2.27. The lowest BCUT2D eigenvalue weighted by molar-refractivity contribution is -0.115. The number of aryl methyl sites for hydroxylation is 1. The van der Waals surface area contributed by atoms with Crippen LogP contribution in [0.2, 0.25) is 0 Å².